The highest BCUT2D eigenvalue weighted by molar-refractivity contribution is 6.05. The molecule has 2 N–H and O–H groups in total. The van der Waals surface area contributed by atoms with Crippen molar-refractivity contribution in [2.45, 2.75) is 31.8 Å². The van der Waals surface area contributed by atoms with Crippen LogP contribution in [0.25, 0.3) is 21.7 Å². The molecule has 118 valence electrons. The van der Waals surface area contributed by atoms with E-state index < -0.39 is 0 Å². The van der Waals surface area contributed by atoms with Gasteiger partial charge in [0.2, 0.25) is 0 Å². The van der Waals surface area contributed by atoms with E-state index in [0.717, 1.165) is 28.5 Å². The van der Waals surface area contributed by atoms with E-state index in [9.17, 15) is 4.79 Å². The van der Waals surface area contributed by atoms with Gasteiger partial charge in [-0.25, -0.2) is 0 Å². The minimum atomic E-state index is -0.118. The first-order valence-corrected chi connectivity index (χ1v) is 7.84. The Kier molecular flexibility index (Phi) is 3.13. The van der Waals surface area contributed by atoms with Crippen LogP contribution in [0.3, 0.4) is 0 Å². The van der Waals surface area contributed by atoms with Crippen LogP contribution in [-0.4, -0.2) is 28.2 Å². The molecule has 5 heteroatoms. The van der Waals surface area contributed by atoms with Crippen LogP contribution in [0.1, 0.15) is 20.3 Å². The Morgan fingerprint density at radius 2 is 2.13 bits per heavy atom. The van der Waals surface area contributed by atoms with E-state index in [4.69, 9.17) is 4.74 Å². The largest absolute Gasteiger partial charge is 0.492 e. The lowest BCUT2D eigenvalue weighted by atomic mass is 9.85. The second-order valence-corrected chi connectivity index (χ2v) is 6.68. The van der Waals surface area contributed by atoms with Crippen molar-refractivity contribution in [2.75, 3.05) is 6.61 Å². The van der Waals surface area contributed by atoms with Crippen molar-refractivity contribution in [1.29, 1.82) is 0 Å². The summed E-state index contributed by atoms with van der Waals surface area (Å²) in [5.41, 5.74) is 0.655. The number of H-pyrrole nitrogens is 1. The lowest BCUT2D eigenvalue weighted by molar-refractivity contribution is 0.0952. The second-order valence-electron chi connectivity index (χ2n) is 6.68. The molecular weight excluding hydrogens is 290 g/mol. The van der Waals surface area contributed by atoms with Gasteiger partial charge in [-0.3, -0.25) is 9.78 Å². The monoisotopic (exact) mass is 309 g/mol. The van der Waals surface area contributed by atoms with Crippen LogP contribution < -0.4 is 15.6 Å². The van der Waals surface area contributed by atoms with Crippen LogP contribution in [0.5, 0.6) is 5.75 Å². The number of rotatable bonds is 3. The fraction of sp³-hybridized carbons (Fsp3) is 0.333. The Balaban J connectivity index is 1.69. The van der Waals surface area contributed by atoms with E-state index >= 15 is 0 Å². The molecule has 3 heterocycles. The van der Waals surface area contributed by atoms with Crippen molar-refractivity contribution >= 4 is 21.7 Å². The summed E-state index contributed by atoms with van der Waals surface area (Å²) in [6.07, 6.45) is 4.50. The van der Waals surface area contributed by atoms with Crippen molar-refractivity contribution in [3.8, 4) is 5.75 Å². The number of aromatic nitrogens is 2. The van der Waals surface area contributed by atoms with Gasteiger partial charge < -0.3 is 15.0 Å². The average molecular weight is 309 g/mol. The highest BCUT2D eigenvalue weighted by Gasteiger charge is 2.37. The zero-order chi connectivity index (χ0) is 16.0. The normalized spacial score (nSPS) is 23.8. The molecule has 2 aromatic heterocycles. The minimum absolute atomic E-state index is 0.0237. The zero-order valence-corrected chi connectivity index (χ0v) is 13.2. The van der Waals surface area contributed by atoms with Crippen LogP contribution in [0.4, 0.5) is 0 Å². The van der Waals surface area contributed by atoms with Gasteiger partial charge in [0.1, 0.15) is 12.4 Å². The molecule has 0 saturated carbocycles. The van der Waals surface area contributed by atoms with E-state index in [-0.39, 0.29) is 11.1 Å². The number of fused-ring (bicyclic) bond motifs is 3. The molecule has 1 saturated heterocycles. The third-order valence-corrected chi connectivity index (χ3v) is 4.50. The van der Waals surface area contributed by atoms with Crippen molar-refractivity contribution in [3.63, 3.8) is 0 Å². The van der Waals surface area contributed by atoms with Gasteiger partial charge in [0.25, 0.3) is 5.56 Å². The van der Waals surface area contributed by atoms with Gasteiger partial charge in [-0.1, -0.05) is 0 Å². The molecule has 23 heavy (non-hydrogen) atoms. The number of hydrogen-bond acceptors (Lipinski definition) is 4. The smallest absolute Gasteiger partial charge is 0.256 e. The number of nitrogens with zero attached hydrogens (tertiary/aromatic N) is 1. The lowest BCUT2D eigenvalue weighted by Gasteiger charge is -2.45. The lowest BCUT2D eigenvalue weighted by Crippen LogP contribution is -2.63. The van der Waals surface area contributed by atoms with Crippen molar-refractivity contribution < 1.29 is 4.74 Å². The molecule has 3 aromatic rings. The number of nitrogens with one attached hydrogen (secondary N) is 2. The van der Waals surface area contributed by atoms with Crippen LogP contribution in [0.2, 0.25) is 0 Å². The van der Waals surface area contributed by atoms with Crippen molar-refractivity contribution in [3.05, 3.63) is 47.0 Å². The molecule has 0 spiro atoms. The summed E-state index contributed by atoms with van der Waals surface area (Å²) in [5.74, 6) is 0.721. The first kappa shape index (κ1) is 14.2. The van der Waals surface area contributed by atoms with Gasteiger partial charge in [0, 0.05) is 17.6 Å². The fourth-order valence-corrected chi connectivity index (χ4v) is 3.55. The third kappa shape index (κ3) is 2.47. The average Bonchev–Trinajstić information content (AvgIpc) is 2.52. The molecule has 2 unspecified atom stereocenters. The summed E-state index contributed by atoms with van der Waals surface area (Å²) in [4.78, 5) is 19.2. The van der Waals surface area contributed by atoms with E-state index in [1.807, 2.05) is 24.3 Å². The first-order valence-electron chi connectivity index (χ1n) is 7.84. The molecule has 4 rings (SSSR count). The van der Waals surface area contributed by atoms with E-state index in [1.54, 1.807) is 12.4 Å². The Morgan fingerprint density at radius 3 is 2.91 bits per heavy atom. The van der Waals surface area contributed by atoms with Crippen LogP contribution in [0, 0.1) is 0 Å². The number of benzene rings is 1. The van der Waals surface area contributed by atoms with Gasteiger partial charge in [-0.15, -0.1) is 0 Å². The maximum absolute atomic E-state index is 12.3. The molecule has 0 amide bonds. The van der Waals surface area contributed by atoms with Crippen LogP contribution >= 0.6 is 0 Å². The molecule has 0 aliphatic carbocycles. The van der Waals surface area contributed by atoms with Gasteiger partial charge in [-0.05, 0) is 49.9 Å². The molecule has 1 aliphatic rings. The highest BCUT2D eigenvalue weighted by Crippen LogP contribution is 2.27. The SMILES string of the molecule is CC1CC(C)(COc2ccc3c(c2)c(=O)[nH]c2cnccc23)N1. The van der Waals surface area contributed by atoms with Crippen molar-refractivity contribution in [2.24, 2.45) is 0 Å². The van der Waals surface area contributed by atoms with Crippen LogP contribution in [0.15, 0.2) is 41.5 Å². The van der Waals surface area contributed by atoms with Gasteiger partial charge in [0.05, 0.1) is 22.6 Å². The summed E-state index contributed by atoms with van der Waals surface area (Å²) >= 11 is 0. The summed E-state index contributed by atoms with van der Waals surface area (Å²) in [6, 6.07) is 8.14. The van der Waals surface area contributed by atoms with Gasteiger partial charge in [-0.2, -0.15) is 0 Å². The predicted molar refractivity (Wildman–Crippen MR) is 91.0 cm³/mol. The van der Waals surface area contributed by atoms with Crippen LogP contribution in [-0.2, 0) is 0 Å². The van der Waals surface area contributed by atoms with E-state index in [2.05, 4.69) is 29.1 Å². The Morgan fingerprint density at radius 1 is 1.30 bits per heavy atom. The Bertz CT molecular complexity index is 942. The summed E-state index contributed by atoms with van der Waals surface area (Å²) < 4.78 is 5.91. The molecule has 5 nitrogen and oxygen atoms in total. The second kappa shape index (κ2) is 5.06. The summed E-state index contributed by atoms with van der Waals surface area (Å²) in [5, 5.41) is 6.01. The minimum Gasteiger partial charge on any atom is -0.492 e. The Labute approximate surface area is 133 Å². The number of hydrogen-bond donors (Lipinski definition) is 2. The molecule has 0 bridgehead atoms. The Hall–Kier alpha value is -2.40. The van der Waals surface area contributed by atoms with E-state index in [0.29, 0.717) is 18.0 Å². The molecule has 2 atom stereocenters. The number of aromatic amines is 1. The highest BCUT2D eigenvalue weighted by atomic mass is 16.5. The predicted octanol–water partition coefficient (Wildman–Crippen LogP) is 2.60. The molecule has 1 fully saturated rings. The van der Waals surface area contributed by atoms with E-state index in [1.165, 1.54) is 0 Å². The van der Waals surface area contributed by atoms with Crippen molar-refractivity contribution in [1.82, 2.24) is 15.3 Å². The summed E-state index contributed by atoms with van der Waals surface area (Å²) in [7, 11) is 0. The number of pyridine rings is 2. The molecule has 0 radical (unpaired) electrons. The quantitative estimate of drug-likeness (QED) is 0.730. The number of ether oxygens (including phenoxy) is 1. The maximum atomic E-state index is 12.3. The molecule has 1 aromatic carbocycles. The summed E-state index contributed by atoms with van der Waals surface area (Å²) in [6.45, 7) is 4.91. The molecular formula is C18H19N3O2. The fourth-order valence-electron chi connectivity index (χ4n) is 3.55. The van der Waals surface area contributed by atoms with Gasteiger partial charge in [0.15, 0.2) is 0 Å². The first-order chi connectivity index (χ1) is 11.0. The standard InChI is InChI=1S/C18H19N3O2/c1-11-8-18(2,21-11)10-23-12-3-4-13-14-5-6-19-9-16(14)20-17(22)15(13)7-12/h3-7,9,11,21H,8,10H2,1-2H3,(H,20,22). The molecule has 1 aliphatic heterocycles. The third-order valence-electron chi connectivity index (χ3n) is 4.50. The van der Waals surface area contributed by atoms with Gasteiger partial charge >= 0.3 is 0 Å². The topological polar surface area (TPSA) is 67.0 Å². The maximum Gasteiger partial charge on any atom is 0.256 e. The zero-order valence-electron chi connectivity index (χ0n) is 13.2.